The third kappa shape index (κ3) is 6.18. The minimum absolute atomic E-state index is 0.0570. The lowest BCUT2D eigenvalue weighted by molar-refractivity contribution is -0.121. The first-order valence-electron chi connectivity index (χ1n) is 8.26. The number of carbonyl (C=O) groups excluding carboxylic acids is 2. The van der Waals surface area contributed by atoms with Crippen LogP contribution in [0.5, 0.6) is 0 Å². The molecule has 6 nitrogen and oxygen atoms in total. The Labute approximate surface area is 158 Å². The summed E-state index contributed by atoms with van der Waals surface area (Å²) in [6.45, 7) is 1.56. The lowest BCUT2D eigenvalue weighted by Gasteiger charge is -2.22. The molecule has 0 aliphatic heterocycles. The zero-order valence-corrected chi connectivity index (χ0v) is 15.9. The summed E-state index contributed by atoms with van der Waals surface area (Å²) in [5.74, 6) is -0.875. The number of nitrogens with one attached hydrogen (secondary N) is 1. The van der Waals surface area contributed by atoms with Crippen molar-refractivity contribution in [2.45, 2.75) is 19.9 Å². The summed E-state index contributed by atoms with van der Waals surface area (Å²) in [5.41, 5.74) is 1.46. The number of ketones is 1. The maximum absolute atomic E-state index is 12.9. The predicted molar refractivity (Wildman–Crippen MR) is 102 cm³/mol. The van der Waals surface area contributed by atoms with Gasteiger partial charge in [-0.25, -0.2) is 12.8 Å². The number of nitrogens with zero attached hydrogens (tertiary/aromatic N) is 1. The molecule has 2 aromatic carbocycles. The van der Waals surface area contributed by atoms with Gasteiger partial charge in [-0.3, -0.25) is 13.9 Å². The predicted octanol–water partition coefficient (Wildman–Crippen LogP) is 2.50. The highest BCUT2D eigenvalue weighted by atomic mass is 32.2. The molecule has 0 saturated carbocycles. The fourth-order valence-corrected chi connectivity index (χ4v) is 3.38. The highest BCUT2D eigenvalue weighted by Gasteiger charge is 2.19. The van der Waals surface area contributed by atoms with Crippen molar-refractivity contribution >= 4 is 27.4 Å². The van der Waals surface area contributed by atoms with Crippen LogP contribution in [0.2, 0.25) is 0 Å². The van der Waals surface area contributed by atoms with E-state index in [0.717, 1.165) is 16.1 Å². The van der Waals surface area contributed by atoms with Crippen LogP contribution in [0.15, 0.2) is 48.5 Å². The maximum Gasteiger partial charge on any atom is 0.232 e. The van der Waals surface area contributed by atoms with E-state index in [1.54, 1.807) is 30.3 Å². The molecule has 0 radical (unpaired) electrons. The van der Waals surface area contributed by atoms with Crippen molar-refractivity contribution in [1.29, 1.82) is 0 Å². The first kappa shape index (κ1) is 20.6. The summed E-state index contributed by atoms with van der Waals surface area (Å²) in [5, 5.41) is 2.67. The third-order valence-electron chi connectivity index (χ3n) is 3.89. The van der Waals surface area contributed by atoms with Crippen LogP contribution >= 0.6 is 0 Å². The van der Waals surface area contributed by atoms with Crippen molar-refractivity contribution < 1.29 is 22.4 Å². The van der Waals surface area contributed by atoms with Gasteiger partial charge in [0.1, 0.15) is 5.82 Å². The molecule has 1 N–H and O–H groups in total. The molecule has 0 heterocycles. The number of carbonyl (C=O) groups is 2. The summed E-state index contributed by atoms with van der Waals surface area (Å²) in [7, 11) is -3.63. The zero-order chi connectivity index (χ0) is 20.0. The second-order valence-electron chi connectivity index (χ2n) is 6.09. The van der Waals surface area contributed by atoms with E-state index in [1.807, 2.05) is 0 Å². The second kappa shape index (κ2) is 8.77. The Bertz CT molecular complexity index is 927. The average Bonchev–Trinajstić information content (AvgIpc) is 2.60. The number of amides is 1. The van der Waals surface area contributed by atoms with Gasteiger partial charge in [0.05, 0.1) is 11.9 Å². The van der Waals surface area contributed by atoms with E-state index in [-0.39, 0.29) is 37.0 Å². The molecular weight excluding hydrogens is 371 g/mol. The molecule has 0 atom stereocenters. The Kier molecular flexibility index (Phi) is 6.68. The number of Topliss-reactive ketones (excluding diaryl/α,β-unsaturated/α-hetero) is 1. The van der Waals surface area contributed by atoms with Crippen molar-refractivity contribution in [3.05, 3.63) is 65.5 Å². The standard InChI is InChI=1S/C19H21FN2O4S/c1-14(23)16-4-3-5-18(12-16)22(27(2,25)26)11-10-19(24)21-13-15-6-8-17(20)9-7-15/h3-9,12H,10-11,13H2,1-2H3,(H,21,24). The van der Waals surface area contributed by atoms with Crippen molar-refractivity contribution in [1.82, 2.24) is 5.32 Å². The highest BCUT2D eigenvalue weighted by Crippen LogP contribution is 2.20. The maximum atomic E-state index is 12.9. The smallest absolute Gasteiger partial charge is 0.232 e. The van der Waals surface area contributed by atoms with Crippen LogP contribution in [0.1, 0.15) is 29.3 Å². The summed E-state index contributed by atoms with van der Waals surface area (Å²) in [6, 6.07) is 12.0. The molecule has 0 saturated heterocycles. The number of hydrogen-bond donors (Lipinski definition) is 1. The van der Waals surface area contributed by atoms with E-state index in [4.69, 9.17) is 0 Å². The molecule has 0 aliphatic rings. The number of anilines is 1. The number of halogens is 1. The van der Waals surface area contributed by atoms with Crippen LogP contribution in [-0.2, 0) is 21.4 Å². The fourth-order valence-electron chi connectivity index (χ4n) is 2.46. The number of benzene rings is 2. The first-order chi connectivity index (χ1) is 12.7. The van der Waals surface area contributed by atoms with Crippen LogP contribution in [0.3, 0.4) is 0 Å². The lowest BCUT2D eigenvalue weighted by atomic mass is 10.1. The Hall–Kier alpha value is -2.74. The van der Waals surface area contributed by atoms with Crippen LogP contribution in [0, 0.1) is 5.82 Å². The molecule has 0 bridgehead atoms. The number of rotatable bonds is 8. The number of sulfonamides is 1. The molecule has 0 aromatic heterocycles. The Morgan fingerprint density at radius 1 is 1.11 bits per heavy atom. The fraction of sp³-hybridized carbons (Fsp3) is 0.263. The molecule has 0 unspecified atom stereocenters. The zero-order valence-electron chi connectivity index (χ0n) is 15.1. The molecule has 0 aliphatic carbocycles. The molecule has 8 heteroatoms. The normalized spacial score (nSPS) is 11.1. The van der Waals surface area contributed by atoms with Crippen LogP contribution in [0.4, 0.5) is 10.1 Å². The van der Waals surface area contributed by atoms with E-state index >= 15 is 0 Å². The quantitative estimate of drug-likeness (QED) is 0.700. The monoisotopic (exact) mass is 392 g/mol. The summed E-state index contributed by atoms with van der Waals surface area (Å²) < 4.78 is 38.2. The second-order valence-corrected chi connectivity index (χ2v) is 8.00. The van der Waals surface area contributed by atoms with E-state index in [9.17, 15) is 22.4 Å². The molecule has 27 heavy (non-hydrogen) atoms. The van der Waals surface area contributed by atoms with Gasteiger partial charge in [0.2, 0.25) is 15.9 Å². The molecule has 0 spiro atoms. The van der Waals surface area contributed by atoms with Gasteiger partial charge >= 0.3 is 0 Å². The Morgan fingerprint density at radius 3 is 2.37 bits per heavy atom. The van der Waals surface area contributed by atoms with Gasteiger partial charge in [-0.2, -0.15) is 0 Å². The van der Waals surface area contributed by atoms with Gasteiger partial charge in [0.15, 0.2) is 5.78 Å². The van der Waals surface area contributed by atoms with Crippen molar-refractivity contribution in [3.8, 4) is 0 Å². The molecular formula is C19H21FN2O4S. The van der Waals surface area contributed by atoms with Gasteiger partial charge in [0.25, 0.3) is 0 Å². The molecule has 144 valence electrons. The summed E-state index contributed by atoms with van der Waals surface area (Å²) in [6.07, 6.45) is 0.989. The minimum atomic E-state index is -3.63. The van der Waals surface area contributed by atoms with Crippen molar-refractivity contribution in [2.75, 3.05) is 17.1 Å². The number of hydrogen-bond acceptors (Lipinski definition) is 4. The van der Waals surface area contributed by atoms with Crippen LogP contribution in [0.25, 0.3) is 0 Å². The molecule has 0 fully saturated rings. The topological polar surface area (TPSA) is 83.6 Å². The minimum Gasteiger partial charge on any atom is -0.352 e. The van der Waals surface area contributed by atoms with Gasteiger partial charge in [0, 0.05) is 25.1 Å². The Balaban J connectivity index is 2.02. The lowest BCUT2D eigenvalue weighted by Crippen LogP contribution is -2.34. The first-order valence-corrected chi connectivity index (χ1v) is 10.1. The highest BCUT2D eigenvalue weighted by molar-refractivity contribution is 7.92. The van der Waals surface area contributed by atoms with Crippen molar-refractivity contribution in [3.63, 3.8) is 0 Å². The van der Waals surface area contributed by atoms with E-state index < -0.39 is 10.0 Å². The van der Waals surface area contributed by atoms with Gasteiger partial charge in [-0.1, -0.05) is 24.3 Å². The Morgan fingerprint density at radius 2 is 1.78 bits per heavy atom. The van der Waals surface area contributed by atoms with E-state index in [2.05, 4.69) is 5.32 Å². The SMILES string of the molecule is CC(=O)c1cccc(N(CCC(=O)NCc2ccc(F)cc2)S(C)(=O)=O)c1. The van der Waals surface area contributed by atoms with E-state index in [1.165, 1.54) is 25.1 Å². The van der Waals surface area contributed by atoms with Gasteiger partial charge in [-0.05, 0) is 36.8 Å². The summed E-state index contributed by atoms with van der Waals surface area (Å²) >= 11 is 0. The molecule has 2 aromatic rings. The molecule has 1 amide bonds. The summed E-state index contributed by atoms with van der Waals surface area (Å²) in [4.78, 5) is 23.6. The van der Waals surface area contributed by atoms with Crippen LogP contribution in [-0.4, -0.2) is 32.9 Å². The van der Waals surface area contributed by atoms with Gasteiger partial charge < -0.3 is 5.32 Å². The average molecular weight is 392 g/mol. The third-order valence-corrected chi connectivity index (χ3v) is 5.08. The van der Waals surface area contributed by atoms with Crippen molar-refractivity contribution in [2.24, 2.45) is 0 Å². The van der Waals surface area contributed by atoms with Crippen LogP contribution < -0.4 is 9.62 Å². The van der Waals surface area contributed by atoms with E-state index in [0.29, 0.717) is 11.3 Å². The molecule has 2 rings (SSSR count). The largest absolute Gasteiger partial charge is 0.352 e. The van der Waals surface area contributed by atoms with Gasteiger partial charge in [-0.15, -0.1) is 0 Å².